The van der Waals surface area contributed by atoms with Crippen LogP contribution in [0.4, 0.5) is 11.6 Å². The lowest BCUT2D eigenvalue weighted by Crippen LogP contribution is -2.49. The number of amides is 2. The van der Waals surface area contributed by atoms with Gasteiger partial charge in [-0.05, 0) is 32.0 Å². The van der Waals surface area contributed by atoms with Gasteiger partial charge in [0.1, 0.15) is 12.2 Å². The SMILES string of the molecule is CC(C)Oc1ccccc1NC(=O)CC(=O)N1CCN(c2ncccn2)CC1. The molecule has 0 spiro atoms. The zero-order chi connectivity index (χ0) is 19.9. The van der Waals surface area contributed by atoms with Crippen molar-refractivity contribution in [1.29, 1.82) is 0 Å². The maximum Gasteiger partial charge on any atom is 0.233 e. The maximum atomic E-state index is 12.5. The van der Waals surface area contributed by atoms with Gasteiger partial charge in [0, 0.05) is 38.6 Å². The Bertz CT molecular complexity index is 804. The van der Waals surface area contributed by atoms with E-state index >= 15 is 0 Å². The standard InChI is InChI=1S/C20H25N5O3/c1-15(2)28-17-7-4-3-6-16(17)23-18(26)14-19(27)24-10-12-25(13-11-24)20-21-8-5-9-22-20/h3-9,15H,10-14H2,1-2H3,(H,23,26). The lowest BCUT2D eigenvalue weighted by molar-refractivity contribution is -0.134. The van der Waals surface area contributed by atoms with Gasteiger partial charge < -0.3 is 19.9 Å². The van der Waals surface area contributed by atoms with Crippen LogP contribution in [-0.4, -0.2) is 59.0 Å². The molecular weight excluding hydrogens is 358 g/mol. The van der Waals surface area contributed by atoms with E-state index in [9.17, 15) is 9.59 Å². The van der Waals surface area contributed by atoms with Crippen molar-refractivity contribution >= 4 is 23.5 Å². The summed E-state index contributed by atoms with van der Waals surface area (Å²) in [6.07, 6.45) is 3.19. The molecule has 1 aliphatic rings. The smallest absolute Gasteiger partial charge is 0.233 e. The number of benzene rings is 1. The largest absolute Gasteiger partial charge is 0.489 e. The Balaban J connectivity index is 1.51. The number of rotatable bonds is 6. The van der Waals surface area contributed by atoms with Crippen LogP contribution >= 0.6 is 0 Å². The zero-order valence-electron chi connectivity index (χ0n) is 16.2. The number of anilines is 2. The summed E-state index contributed by atoms with van der Waals surface area (Å²) in [4.78, 5) is 37.0. The molecule has 2 aromatic rings. The average molecular weight is 383 g/mol. The third-order valence-corrected chi connectivity index (χ3v) is 4.30. The predicted octanol–water partition coefficient (Wildman–Crippen LogP) is 1.94. The molecule has 0 unspecified atom stereocenters. The van der Waals surface area contributed by atoms with E-state index in [1.807, 2.05) is 30.9 Å². The topological polar surface area (TPSA) is 87.7 Å². The summed E-state index contributed by atoms with van der Waals surface area (Å²) in [5.41, 5.74) is 0.569. The molecule has 8 nitrogen and oxygen atoms in total. The van der Waals surface area contributed by atoms with Crippen molar-refractivity contribution < 1.29 is 14.3 Å². The van der Waals surface area contributed by atoms with E-state index in [4.69, 9.17) is 4.74 Å². The molecule has 8 heteroatoms. The number of nitrogens with one attached hydrogen (secondary N) is 1. The fraction of sp³-hybridized carbons (Fsp3) is 0.400. The summed E-state index contributed by atoms with van der Waals surface area (Å²) in [7, 11) is 0. The number of nitrogens with zero attached hydrogens (tertiary/aromatic N) is 4. The number of piperazine rings is 1. The van der Waals surface area contributed by atoms with Gasteiger partial charge in [0.15, 0.2) is 0 Å². The quantitative estimate of drug-likeness (QED) is 0.767. The molecule has 1 aliphatic heterocycles. The Hall–Kier alpha value is -3.16. The van der Waals surface area contributed by atoms with E-state index in [1.54, 1.807) is 35.5 Å². The Labute approximate surface area is 164 Å². The molecule has 2 amide bonds. The number of carbonyl (C=O) groups excluding carboxylic acids is 2. The van der Waals surface area contributed by atoms with Crippen LogP contribution in [0.25, 0.3) is 0 Å². The molecular formula is C20H25N5O3. The molecule has 0 aliphatic carbocycles. The summed E-state index contributed by atoms with van der Waals surface area (Å²) < 4.78 is 5.69. The Morgan fingerprint density at radius 2 is 1.75 bits per heavy atom. The van der Waals surface area contributed by atoms with Gasteiger partial charge in [-0.3, -0.25) is 9.59 Å². The number of ether oxygens (including phenoxy) is 1. The number of hydrogen-bond acceptors (Lipinski definition) is 6. The summed E-state index contributed by atoms with van der Waals surface area (Å²) in [5.74, 6) is 0.718. The van der Waals surface area contributed by atoms with Crippen LogP contribution in [0.5, 0.6) is 5.75 Å². The van der Waals surface area contributed by atoms with Crippen LogP contribution < -0.4 is 15.0 Å². The van der Waals surface area contributed by atoms with Gasteiger partial charge in [-0.25, -0.2) is 9.97 Å². The molecule has 0 bridgehead atoms. The van der Waals surface area contributed by atoms with E-state index in [-0.39, 0.29) is 24.3 Å². The van der Waals surface area contributed by atoms with E-state index in [0.29, 0.717) is 43.6 Å². The van der Waals surface area contributed by atoms with E-state index in [1.165, 1.54) is 0 Å². The Kier molecular flexibility index (Phi) is 6.41. The molecule has 1 N–H and O–H groups in total. The molecule has 0 radical (unpaired) electrons. The first-order valence-corrected chi connectivity index (χ1v) is 9.38. The van der Waals surface area contributed by atoms with Crippen LogP contribution in [0.2, 0.25) is 0 Å². The second-order valence-electron chi connectivity index (χ2n) is 6.80. The molecule has 0 saturated carbocycles. The van der Waals surface area contributed by atoms with Crippen LogP contribution in [0.15, 0.2) is 42.7 Å². The highest BCUT2D eigenvalue weighted by Gasteiger charge is 2.24. The first-order chi connectivity index (χ1) is 13.5. The molecule has 1 saturated heterocycles. The third-order valence-electron chi connectivity index (χ3n) is 4.30. The van der Waals surface area contributed by atoms with Gasteiger partial charge in [-0.1, -0.05) is 12.1 Å². The summed E-state index contributed by atoms with van der Waals surface area (Å²) in [5, 5.41) is 2.78. The summed E-state index contributed by atoms with van der Waals surface area (Å²) >= 11 is 0. The van der Waals surface area contributed by atoms with Crippen molar-refractivity contribution in [3.8, 4) is 5.75 Å². The zero-order valence-corrected chi connectivity index (χ0v) is 16.2. The second-order valence-corrected chi connectivity index (χ2v) is 6.80. The minimum atomic E-state index is -0.348. The number of aromatic nitrogens is 2. The van der Waals surface area contributed by atoms with Crippen LogP contribution in [0.1, 0.15) is 20.3 Å². The fourth-order valence-electron chi connectivity index (χ4n) is 2.98. The van der Waals surface area contributed by atoms with E-state index < -0.39 is 0 Å². The van der Waals surface area contributed by atoms with E-state index in [0.717, 1.165) is 0 Å². The van der Waals surface area contributed by atoms with Crippen molar-refractivity contribution in [2.45, 2.75) is 26.4 Å². The first kappa shape index (κ1) is 19.6. The molecule has 0 atom stereocenters. The molecule has 28 heavy (non-hydrogen) atoms. The summed E-state index contributed by atoms with van der Waals surface area (Å²) in [6.45, 7) is 6.20. The maximum absolute atomic E-state index is 12.5. The van der Waals surface area contributed by atoms with Gasteiger partial charge in [0.2, 0.25) is 17.8 Å². The van der Waals surface area contributed by atoms with Crippen molar-refractivity contribution in [2.24, 2.45) is 0 Å². The normalized spacial score (nSPS) is 14.1. The number of hydrogen-bond donors (Lipinski definition) is 1. The first-order valence-electron chi connectivity index (χ1n) is 9.38. The van der Waals surface area contributed by atoms with Gasteiger partial charge in [-0.2, -0.15) is 0 Å². The molecule has 148 valence electrons. The minimum absolute atomic E-state index is 0.00965. The minimum Gasteiger partial charge on any atom is -0.489 e. The molecule has 3 rings (SSSR count). The molecule has 2 heterocycles. The van der Waals surface area contributed by atoms with Crippen molar-refractivity contribution in [3.05, 3.63) is 42.7 Å². The van der Waals surface area contributed by atoms with Crippen molar-refractivity contribution in [3.63, 3.8) is 0 Å². The number of para-hydroxylation sites is 2. The fourth-order valence-corrected chi connectivity index (χ4v) is 2.98. The van der Waals surface area contributed by atoms with E-state index in [2.05, 4.69) is 15.3 Å². The van der Waals surface area contributed by atoms with Gasteiger partial charge in [0.05, 0.1) is 11.8 Å². The highest BCUT2D eigenvalue weighted by molar-refractivity contribution is 6.04. The van der Waals surface area contributed by atoms with Crippen molar-refractivity contribution in [2.75, 3.05) is 36.4 Å². The lowest BCUT2D eigenvalue weighted by Gasteiger charge is -2.34. The molecule has 1 fully saturated rings. The summed E-state index contributed by atoms with van der Waals surface area (Å²) in [6, 6.07) is 8.98. The third kappa shape index (κ3) is 5.18. The van der Waals surface area contributed by atoms with Gasteiger partial charge >= 0.3 is 0 Å². The highest BCUT2D eigenvalue weighted by Crippen LogP contribution is 2.25. The van der Waals surface area contributed by atoms with Crippen LogP contribution in [0.3, 0.4) is 0 Å². The average Bonchev–Trinajstić information content (AvgIpc) is 2.70. The van der Waals surface area contributed by atoms with Gasteiger partial charge in [-0.15, -0.1) is 0 Å². The monoisotopic (exact) mass is 383 g/mol. The lowest BCUT2D eigenvalue weighted by atomic mass is 10.2. The van der Waals surface area contributed by atoms with Gasteiger partial charge in [0.25, 0.3) is 0 Å². The predicted molar refractivity (Wildman–Crippen MR) is 106 cm³/mol. The molecule has 1 aromatic heterocycles. The van der Waals surface area contributed by atoms with Crippen molar-refractivity contribution in [1.82, 2.24) is 14.9 Å². The van der Waals surface area contributed by atoms with Crippen LogP contribution in [-0.2, 0) is 9.59 Å². The Morgan fingerprint density at radius 3 is 2.43 bits per heavy atom. The molecule has 1 aromatic carbocycles. The Morgan fingerprint density at radius 1 is 1.07 bits per heavy atom. The van der Waals surface area contributed by atoms with Crippen LogP contribution in [0, 0.1) is 0 Å². The second kappa shape index (κ2) is 9.16. The highest BCUT2D eigenvalue weighted by atomic mass is 16.5. The number of carbonyl (C=O) groups is 2.